The summed E-state index contributed by atoms with van der Waals surface area (Å²) in [5, 5.41) is 3.97. The van der Waals surface area contributed by atoms with Crippen molar-refractivity contribution in [1.82, 2.24) is 19.7 Å². The van der Waals surface area contributed by atoms with Crippen molar-refractivity contribution in [2.75, 3.05) is 14.2 Å². The highest BCUT2D eigenvalue weighted by Crippen LogP contribution is 2.12. The molecule has 0 radical (unpaired) electrons. The van der Waals surface area contributed by atoms with Crippen LogP contribution in [0.2, 0.25) is 0 Å². The molecule has 0 aliphatic carbocycles. The number of hydrogen-bond donors (Lipinski definition) is 0. The van der Waals surface area contributed by atoms with E-state index in [1.807, 2.05) is 0 Å². The molecule has 88 valence electrons. The number of nitrogens with zero attached hydrogens (tertiary/aromatic N) is 4. The molecule has 2 aromatic rings. The van der Waals surface area contributed by atoms with Crippen molar-refractivity contribution in [2.24, 2.45) is 0 Å². The van der Waals surface area contributed by atoms with Gasteiger partial charge in [-0.2, -0.15) is 0 Å². The Morgan fingerprint density at radius 2 is 2.18 bits per heavy atom. The van der Waals surface area contributed by atoms with E-state index in [0.29, 0.717) is 11.6 Å². The van der Waals surface area contributed by atoms with Crippen molar-refractivity contribution in [3.63, 3.8) is 0 Å². The third kappa shape index (κ3) is 2.22. The minimum atomic E-state index is -0.579. The largest absolute Gasteiger partial charge is 0.481 e. The maximum Gasteiger partial charge on any atom is 0.377 e. The molecule has 0 N–H and O–H groups in total. The molecule has 0 aliphatic rings. The molecule has 0 spiro atoms. The Morgan fingerprint density at radius 3 is 2.88 bits per heavy atom. The number of aromatic nitrogens is 4. The first kappa shape index (κ1) is 11.1. The smallest absolute Gasteiger partial charge is 0.377 e. The van der Waals surface area contributed by atoms with Crippen molar-refractivity contribution in [3.8, 4) is 11.6 Å². The van der Waals surface area contributed by atoms with Crippen LogP contribution < -0.4 is 4.74 Å². The molecular formula is C10H10N4O3. The number of carbonyl (C=O) groups excluding carboxylic acids is 1. The highest BCUT2D eigenvalue weighted by molar-refractivity contribution is 5.84. The summed E-state index contributed by atoms with van der Waals surface area (Å²) in [7, 11) is 2.80. The van der Waals surface area contributed by atoms with Gasteiger partial charge >= 0.3 is 5.97 Å². The minimum absolute atomic E-state index is 0.00304. The second-order valence-electron chi connectivity index (χ2n) is 3.06. The normalized spacial score (nSPS) is 10.0. The fourth-order valence-electron chi connectivity index (χ4n) is 1.23. The van der Waals surface area contributed by atoms with Gasteiger partial charge in [-0.05, 0) is 6.07 Å². The van der Waals surface area contributed by atoms with E-state index in [1.54, 1.807) is 18.3 Å². The van der Waals surface area contributed by atoms with Crippen LogP contribution in [0.1, 0.15) is 10.6 Å². The molecule has 2 heterocycles. The number of carbonyl (C=O) groups is 1. The van der Waals surface area contributed by atoms with Crippen molar-refractivity contribution in [3.05, 3.63) is 30.5 Å². The van der Waals surface area contributed by atoms with Gasteiger partial charge in [0.05, 0.1) is 19.9 Å². The van der Waals surface area contributed by atoms with Gasteiger partial charge in [0.25, 0.3) is 5.82 Å². The summed E-state index contributed by atoms with van der Waals surface area (Å²) in [4.78, 5) is 19.0. The average molecular weight is 234 g/mol. The Labute approximate surface area is 97.0 Å². The average Bonchev–Trinajstić information content (AvgIpc) is 2.87. The summed E-state index contributed by atoms with van der Waals surface area (Å²) >= 11 is 0. The lowest BCUT2D eigenvalue weighted by Gasteiger charge is -2.02. The van der Waals surface area contributed by atoms with E-state index in [1.165, 1.54) is 25.2 Å². The van der Waals surface area contributed by atoms with Crippen LogP contribution in [0, 0.1) is 0 Å². The number of hydrogen-bond acceptors (Lipinski definition) is 6. The molecule has 2 aromatic heterocycles. The summed E-state index contributed by atoms with van der Waals surface area (Å²) in [6.45, 7) is 0. The van der Waals surface area contributed by atoms with Gasteiger partial charge in [-0.1, -0.05) is 0 Å². The molecule has 0 saturated heterocycles. The maximum atomic E-state index is 11.2. The van der Waals surface area contributed by atoms with E-state index in [-0.39, 0.29) is 5.82 Å². The van der Waals surface area contributed by atoms with Gasteiger partial charge < -0.3 is 9.47 Å². The van der Waals surface area contributed by atoms with Crippen LogP contribution in [-0.2, 0) is 4.74 Å². The van der Waals surface area contributed by atoms with Crippen molar-refractivity contribution in [2.45, 2.75) is 0 Å². The van der Waals surface area contributed by atoms with Crippen LogP contribution in [0.25, 0.3) is 5.69 Å². The number of rotatable bonds is 3. The summed E-state index contributed by atoms with van der Waals surface area (Å²) in [6, 6.07) is 3.40. The summed E-state index contributed by atoms with van der Waals surface area (Å²) in [5.41, 5.74) is 0.694. The Bertz CT molecular complexity index is 538. The fraction of sp³-hybridized carbons (Fsp3) is 0.200. The molecule has 0 atom stereocenters. The van der Waals surface area contributed by atoms with Gasteiger partial charge in [-0.15, -0.1) is 5.10 Å². The van der Waals surface area contributed by atoms with Crippen LogP contribution in [-0.4, -0.2) is 39.9 Å². The molecule has 0 fully saturated rings. The van der Waals surface area contributed by atoms with Gasteiger partial charge in [0, 0.05) is 12.3 Å². The number of ether oxygens (including phenoxy) is 2. The van der Waals surface area contributed by atoms with E-state index < -0.39 is 5.97 Å². The SMILES string of the molecule is COC(=O)c1ncn(-c2ccnc(OC)c2)n1. The lowest BCUT2D eigenvalue weighted by atomic mass is 10.4. The van der Waals surface area contributed by atoms with Gasteiger partial charge in [-0.25, -0.2) is 19.4 Å². The number of pyridine rings is 1. The molecule has 0 aromatic carbocycles. The molecule has 17 heavy (non-hydrogen) atoms. The Hall–Kier alpha value is -2.44. The minimum Gasteiger partial charge on any atom is -0.481 e. The van der Waals surface area contributed by atoms with Crippen molar-refractivity contribution in [1.29, 1.82) is 0 Å². The first-order chi connectivity index (χ1) is 8.24. The number of esters is 1. The van der Waals surface area contributed by atoms with E-state index in [0.717, 1.165) is 0 Å². The second-order valence-corrected chi connectivity index (χ2v) is 3.06. The summed E-state index contributed by atoms with van der Waals surface area (Å²) < 4.78 is 10.9. The second kappa shape index (κ2) is 4.60. The first-order valence-electron chi connectivity index (χ1n) is 4.75. The fourth-order valence-corrected chi connectivity index (χ4v) is 1.23. The summed E-state index contributed by atoms with van der Waals surface area (Å²) in [5.74, 6) is -0.120. The van der Waals surface area contributed by atoms with Crippen LogP contribution in [0.5, 0.6) is 5.88 Å². The van der Waals surface area contributed by atoms with Crippen LogP contribution in [0.3, 0.4) is 0 Å². The predicted molar refractivity (Wildman–Crippen MR) is 57.0 cm³/mol. The lowest BCUT2D eigenvalue weighted by Crippen LogP contribution is -2.05. The monoisotopic (exact) mass is 234 g/mol. The zero-order valence-electron chi connectivity index (χ0n) is 9.32. The van der Waals surface area contributed by atoms with Crippen LogP contribution in [0.15, 0.2) is 24.7 Å². The lowest BCUT2D eigenvalue weighted by molar-refractivity contribution is 0.0587. The molecule has 0 unspecified atom stereocenters. The zero-order chi connectivity index (χ0) is 12.3. The molecular weight excluding hydrogens is 224 g/mol. The molecule has 0 aliphatic heterocycles. The molecule has 2 rings (SSSR count). The van der Waals surface area contributed by atoms with E-state index in [2.05, 4.69) is 19.8 Å². The molecule has 7 heteroatoms. The van der Waals surface area contributed by atoms with Crippen LogP contribution in [0.4, 0.5) is 0 Å². The number of methoxy groups -OCH3 is 2. The van der Waals surface area contributed by atoms with Gasteiger partial charge in [0.15, 0.2) is 0 Å². The third-order valence-corrected chi connectivity index (χ3v) is 2.05. The molecule has 7 nitrogen and oxygen atoms in total. The predicted octanol–water partition coefficient (Wildman–Crippen LogP) is 0.458. The van der Waals surface area contributed by atoms with Gasteiger partial charge in [0.2, 0.25) is 5.88 Å². The molecule has 0 amide bonds. The van der Waals surface area contributed by atoms with Gasteiger partial charge in [-0.3, -0.25) is 0 Å². The zero-order valence-corrected chi connectivity index (χ0v) is 9.32. The topological polar surface area (TPSA) is 79.1 Å². The summed E-state index contributed by atoms with van der Waals surface area (Å²) in [6.07, 6.45) is 2.99. The molecule has 0 saturated carbocycles. The van der Waals surface area contributed by atoms with E-state index in [4.69, 9.17) is 4.74 Å². The van der Waals surface area contributed by atoms with Crippen LogP contribution >= 0.6 is 0 Å². The van der Waals surface area contributed by atoms with Gasteiger partial charge in [0.1, 0.15) is 6.33 Å². The quantitative estimate of drug-likeness (QED) is 0.718. The Morgan fingerprint density at radius 1 is 1.35 bits per heavy atom. The van der Waals surface area contributed by atoms with Crippen molar-refractivity contribution < 1.29 is 14.3 Å². The van der Waals surface area contributed by atoms with Crippen molar-refractivity contribution >= 4 is 5.97 Å². The maximum absolute atomic E-state index is 11.2. The third-order valence-electron chi connectivity index (χ3n) is 2.05. The Kier molecular flexibility index (Phi) is 2.99. The highest BCUT2D eigenvalue weighted by Gasteiger charge is 2.12. The standard InChI is InChI=1S/C10H10N4O3/c1-16-8-5-7(3-4-11-8)14-6-12-9(13-14)10(15)17-2/h3-6H,1-2H3. The Balaban J connectivity index is 2.33. The first-order valence-corrected chi connectivity index (χ1v) is 4.75. The molecule has 0 bridgehead atoms. The highest BCUT2D eigenvalue weighted by atomic mass is 16.5. The van der Waals surface area contributed by atoms with E-state index in [9.17, 15) is 4.79 Å². The van der Waals surface area contributed by atoms with E-state index >= 15 is 0 Å².